The van der Waals surface area contributed by atoms with Crippen LogP contribution in [0.1, 0.15) is 24.0 Å². The van der Waals surface area contributed by atoms with Gasteiger partial charge in [0.2, 0.25) is 0 Å². The molecule has 1 radical (unpaired) electrons. The summed E-state index contributed by atoms with van der Waals surface area (Å²) in [6.45, 7) is 5.95. The van der Waals surface area contributed by atoms with E-state index in [1.54, 1.807) is 0 Å². The summed E-state index contributed by atoms with van der Waals surface area (Å²) in [5.41, 5.74) is 2.40. The molecule has 2 aromatic rings. The van der Waals surface area contributed by atoms with Gasteiger partial charge in [-0.05, 0) is 24.0 Å². The Morgan fingerprint density at radius 3 is 1.95 bits per heavy atom. The maximum atomic E-state index is 5.89. The number of ether oxygens (including phenoxy) is 2. The topological polar surface area (TPSA) is 18.5 Å². The molecule has 0 fully saturated rings. The summed E-state index contributed by atoms with van der Waals surface area (Å²) in [5.74, 6) is 0. The van der Waals surface area contributed by atoms with Crippen LogP contribution >= 0.6 is 0 Å². The Morgan fingerprint density at radius 2 is 1.38 bits per heavy atom. The van der Waals surface area contributed by atoms with E-state index in [2.05, 4.69) is 31.2 Å². The van der Waals surface area contributed by atoms with Crippen molar-refractivity contribution < 1.29 is 9.47 Å². The molecule has 1 atom stereocenters. The highest BCUT2D eigenvalue weighted by atomic mass is 16.5. The highest BCUT2D eigenvalue weighted by Crippen LogP contribution is 2.09. The Labute approximate surface area is 127 Å². The van der Waals surface area contributed by atoms with E-state index in [4.69, 9.17) is 9.47 Å². The molecule has 0 aliphatic heterocycles. The summed E-state index contributed by atoms with van der Waals surface area (Å²) in [7, 11) is 0. The molecule has 1 unspecified atom stereocenters. The van der Waals surface area contributed by atoms with Crippen LogP contribution in [-0.4, -0.2) is 12.7 Å². The third-order valence-electron chi connectivity index (χ3n) is 3.35. The SMILES string of the molecule is [CH2]CC(CCOCc1ccccc1)OCc1ccccc1. The summed E-state index contributed by atoms with van der Waals surface area (Å²) < 4.78 is 11.6. The van der Waals surface area contributed by atoms with E-state index in [0.717, 1.165) is 12.8 Å². The van der Waals surface area contributed by atoms with Gasteiger partial charge in [-0.25, -0.2) is 0 Å². The summed E-state index contributed by atoms with van der Waals surface area (Å²) in [6.07, 6.45) is 1.80. The molecule has 0 amide bonds. The fourth-order valence-corrected chi connectivity index (χ4v) is 2.08. The maximum Gasteiger partial charge on any atom is 0.0720 e. The second kappa shape index (κ2) is 9.32. The molecule has 21 heavy (non-hydrogen) atoms. The smallest absolute Gasteiger partial charge is 0.0720 e. The third-order valence-corrected chi connectivity index (χ3v) is 3.35. The van der Waals surface area contributed by atoms with Gasteiger partial charge < -0.3 is 9.47 Å². The van der Waals surface area contributed by atoms with Gasteiger partial charge in [0.05, 0.1) is 19.3 Å². The van der Waals surface area contributed by atoms with E-state index in [9.17, 15) is 0 Å². The minimum atomic E-state index is 0.154. The fourth-order valence-electron chi connectivity index (χ4n) is 2.08. The summed E-state index contributed by atoms with van der Waals surface area (Å²) in [4.78, 5) is 0. The Morgan fingerprint density at radius 1 is 0.810 bits per heavy atom. The summed E-state index contributed by atoms with van der Waals surface area (Å²) >= 11 is 0. The number of hydrogen-bond donors (Lipinski definition) is 0. The van der Waals surface area contributed by atoms with Gasteiger partial charge in [-0.3, -0.25) is 0 Å². The molecule has 0 heterocycles. The normalized spacial score (nSPS) is 12.2. The highest BCUT2D eigenvalue weighted by Gasteiger charge is 2.07. The predicted molar refractivity (Wildman–Crippen MR) is 85.7 cm³/mol. The number of benzene rings is 2. The van der Waals surface area contributed by atoms with Crippen LogP contribution in [0.4, 0.5) is 0 Å². The first kappa shape index (κ1) is 15.7. The minimum absolute atomic E-state index is 0.154. The molecule has 0 aliphatic rings. The van der Waals surface area contributed by atoms with Gasteiger partial charge in [-0.2, -0.15) is 0 Å². The van der Waals surface area contributed by atoms with E-state index in [0.29, 0.717) is 19.8 Å². The van der Waals surface area contributed by atoms with Crippen LogP contribution in [0.25, 0.3) is 0 Å². The second-order valence-electron chi connectivity index (χ2n) is 5.03. The quantitative estimate of drug-likeness (QED) is 0.635. The van der Waals surface area contributed by atoms with Crippen LogP contribution in [-0.2, 0) is 22.7 Å². The molecule has 111 valence electrons. The van der Waals surface area contributed by atoms with Gasteiger partial charge in [0, 0.05) is 6.61 Å². The van der Waals surface area contributed by atoms with Crippen molar-refractivity contribution in [3.63, 3.8) is 0 Å². The number of hydrogen-bond acceptors (Lipinski definition) is 2. The van der Waals surface area contributed by atoms with E-state index < -0.39 is 0 Å². The van der Waals surface area contributed by atoms with E-state index in [1.165, 1.54) is 11.1 Å². The first-order chi connectivity index (χ1) is 10.4. The molecule has 2 aromatic carbocycles. The Balaban J connectivity index is 1.63. The van der Waals surface area contributed by atoms with Gasteiger partial charge in [-0.15, -0.1) is 0 Å². The molecule has 0 saturated heterocycles. The van der Waals surface area contributed by atoms with Crippen LogP contribution in [0.3, 0.4) is 0 Å². The van der Waals surface area contributed by atoms with Gasteiger partial charge in [0.25, 0.3) is 0 Å². The first-order valence-electron chi connectivity index (χ1n) is 7.45. The van der Waals surface area contributed by atoms with E-state index in [1.807, 2.05) is 36.4 Å². The molecule has 0 saturated carbocycles. The van der Waals surface area contributed by atoms with Gasteiger partial charge in [0.1, 0.15) is 0 Å². The Kier molecular flexibility index (Phi) is 6.99. The molecular weight excluding hydrogens is 260 g/mol. The van der Waals surface area contributed by atoms with Crippen molar-refractivity contribution in [2.24, 2.45) is 0 Å². The summed E-state index contributed by atoms with van der Waals surface area (Å²) in [5, 5.41) is 0. The lowest BCUT2D eigenvalue weighted by Gasteiger charge is -2.16. The van der Waals surface area contributed by atoms with Crippen molar-refractivity contribution in [1.29, 1.82) is 0 Å². The molecule has 2 nitrogen and oxygen atoms in total. The van der Waals surface area contributed by atoms with Crippen molar-refractivity contribution in [3.8, 4) is 0 Å². The van der Waals surface area contributed by atoms with E-state index >= 15 is 0 Å². The van der Waals surface area contributed by atoms with E-state index in [-0.39, 0.29) is 6.10 Å². The number of rotatable bonds is 9. The molecule has 0 N–H and O–H groups in total. The van der Waals surface area contributed by atoms with Crippen LogP contribution in [0, 0.1) is 6.92 Å². The standard InChI is InChI=1S/C19H23O2/c1-2-19(21-16-18-11-7-4-8-12-18)13-14-20-15-17-9-5-3-6-10-17/h3-12,19H,1-2,13-16H2. The molecule has 0 spiro atoms. The second-order valence-corrected chi connectivity index (χ2v) is 5.03. The molecule has 2 heteroatoms. The predicted octanol–water partition coefficient (Wildman–Crippen LogP) is 4.40. The van der Waals surface area contributed by atoms with Crippen molar-refractivity contribution in [2.75, 3.05) is 6.61 Å². The molecule has 0 aromatic heterocycles. The van der Waals surface area contributed by atoms with Gasteiger partial charge in [-0.1, -0.05) is 67.6 Å². The lowest BCUT2D eigenvalue weighted by molar-refractivity contribution is 0.0101. The third kappa shape index (κ3) is 6.11. The fraction of sp³-hybridized carbons (Fsp3) is 0.316. The van der Waals surface area contributed by atoms with Crippen molar-refractivity contribution >= 4 is 0 Å². The van der Waals surface area contributed by atoms with Crippen LogP contribution < -0.4 is 0 Å². The van der Waals surface area contributed by atoms with Crippen molar-refractivity contribution in [2.45, 2.75) is 32.2 Å². The zero-order valence-corrected chi connectivity index (χ0v) is 12.4. The van der Waals surface area contributed by atoms with Gasteiger partial charge in [0.15, 0.2) is 0 Å². The van der Waals surface area contributed by atoms with Crippen molar-refractivity contribution in [3.05, 3.63) is 78.7 Å². The van der Waals surface area contributed by atoms with Crippen LogP contribution in [0.5, 0.6) is 0 Å². The lowest BCUT2D eigenvalue weighted by Crippen LogP contribution is -2.14. The average Bonchev–Trinajstić information content (AvgIpc) is 2.56. The molecule has 0 bridgehead atoms. The zero-order chi connectivity index (χ0) is 14.8. The van der Waals surface area contributed by atoms with Crippen LogP contribution in [0.15, 0.2) is 60.7 Å². The largest absolute Gasteiger partial charge is 0.377 e. The monoisotopic (exact) mass is 283 g/mol. The minimum Gasteiger partial charge on any atom is -0.377 e. The summed E-state index contributed by atoms with van der Waals surface area (Å²) in [6, 6.07) is 20.4. The zero-order valence-electron chi connectivity index (χ0n) is 12.4. The Hall–Kier alpha value is -1.64. The van der Waals surface area contributed by atoms with Crippen molar-refractivity contribution in [1.82, 2.24) is 0 Å². The first-order valence-corrected chi connectivity index (χ1v) is 7.45. The molecule has 0 aliphatic carbocycles. The lowest BCUT2D eigenvalue weighted by atomic mass is 10.2. The highest BCUT2D eigenvalue weighted by molar-refractivity contribution is 5.14. The average molecular weight is 283 g/mol. The molecule has 2 rings (SSSR count). The molecular formula is C19H23O2. The van der Waals surface area contributed by atoms with Crippen LogP contribution in [0.2, 0.25) is 0 Å². The maximum absolute atomic E-state index is 5.89. The Bertz CT molecular complexity index is 481. The van der Waals surface area contributed by atoms with Gasteiger partial charge >= 0.3 is 0 Å².